The maximum absolute atomic E-state index is 12.3. The van der Waals surface area contributed by atoms with Crippen LogP contribution in [-0.2, 0) is 14.6 Å². The summed E-state index contributed by atoms with van der Waals surface area (Å²) in [6, 6.07) is 13.8. The number of sulfone groups is 1. The van der Waals surface area contributed by atoms with Gasteiger partial charge in [-0.05, 0) is 83.7 Å². The number of benzene rings is 2. The summed E-state index contributed by atoms with van der Waals surface area (Å²) < 4.78 is 24.5. The van der Waals surface area contributed by atoms with E-state index >= 15 is 0 Å². The van der Waals surface area contributed by atoms with Crippen molar-refractivity contribution in [3.05, 3.63) is 106 Å². The first-order chi connectivity index (χ1) is 16.1. The molecule has 0 atom stereocenters. The van der Waals surface area contributed by atoms with Crippen LogP contribution in [0.2, 0.25) is 0 Å². The van der Waals surface area contributed by atoms with E-state index in [1.54, 1.807) is 48.5 Å². The molecule has 4 rings (SSSR count). The zero-order valence-corrected chi connectivity index (χ0v) is 21.2. The van der Waals surface area contributed by atoms with Crippen LogP contribution in [0.1, 0.15) is 50.7 Å². The van der Waals surface area contributed by atoms with Gasteiger partial charge in [0.1, 0.15) is 0 Å². The SMILES string of the molecule is CC1=CC=C(NC(=O)C2=CC=C(C)CC2)CC1.Cc1ccc(S(=O)(=O)c2ccc(C)cc2)cc1. The largest absolute Gasteiger partial charge is 0.326 e. The predicted octanol–water partition coefficient (Wildman–Crippen LogP) is 6.53. The summed E-state index contributed by atoms with van der Waals surface area (Å²) in [5.74, 6) is 0.0629. The molecule has 1 N–H and O–H groups in total. The fourth-order valence-corrected chi connectivity index (χ4v) is 4.83. The van der Waals surface area contributed by atoms with E-state index in [0.717, 1.165) is 48.1 Å². The molecule has 0 bridgehead atoms. The Morgan fingerprint density at radius 1 is 0.647 bits per heavy atom. The predicted molar refractivity (Wildman–Crippen MR) is 138 cm³/mol. The molecular weight excluding hydrogens is 442 g/mol. The van der Waals surface area contributed by atoms with Gasteiger partial charge in [0.15, 0.2) is 0 Å². The minimum Gasteiger partial charge on any atom is -0.326 e. The van der Waals surface area contributed by atoms with Crippen LogP contribution < -0.4 is 5.32 Å². The summed E-state index contributed by atoms with van der Waals surface area (Å²) in [5, 5.41) is 3.00. The van der Waals surface area contributed by atoms with Crippen molar-refractivity contribution in [2.75, 3.05) is 0 Å². The molecule has 0 heterocycles. The number of carbonyl (C=O) groups is 1. The first-order valence-electron chi connectivity index (χ1n) is 11.6. The molecule has 2 aromatic carbocycles. The first-order valence-corrected chi connectivity index (χ1v) is 13.1. The zero-order chi connectivity index (χ0) is 24.7. The molecule has 5 heteroatoms. The summed E-state index contributed by atoms with van der Waals surface area (Å²) in [6.45, 7) is 8.08. The Morgan fingerprint density at radius 3 is 1.53 bits per heavy atom. The van der Waals surface area contributed by atoms with E-state index in [9.17, 15) is 13.2 Å². The second-order valence-corrected chi connectivity index (χ2v) is 10.9. The van der Waals surface area contributed by atoms with E-state index in [1.165, 1.54) is 11.1 Å². The molecule has 2 aliphatic carbocycles. The number of amides is 1. The third kappa shape index (κ3) is 6.91. The summed E-state index contributed by atoms with van der Waals surface area (Å²) >= 11 is 0. The number of aryl methyl sites for hydroxylation is 2. The fraction of sp³-hybridized carbons (Fsp3) is 0.276. The number of allylic oxidation sites excluding steroid dienone is 7. The van der Waals surface area contributed by atoms with Crippen LogP contribution in [0.25, 0.3) is 0 Å². The van der Waals surface area contributed by atoms with Gasteiger partial charge in [0.05, 0.1) is 9.79 Å². The molecule has 178 valence electrons. The number of nitrogens with one attached hydrogen (secondary N) is 1. The van der Waals surface area contributed by atoms with Gasteiger partial charge in [-0.1, -0.05) is 64.8 Å². The summed E-state index contributed by atoms with van der Waals surface area (Å²) in [4.78, 5) is 12.7. The molecule has 1 amide bonds. The van der Waals surface area contributed by atoms with Gasteiger partial charge >= 0.3 is 0 Å². The first kappa shape index (κ1) is 25.4. The Bertz CT molecular complexity index is 1210. The Kier molecular flexibility index (Phi) is 8.46. The lowest BCUT2D eigenvalue weighted by atomic mass is 9.98. The lowest BCUT2D eigenvalue weighted by Gasteiger charge is -2.16. The van der Waals surface area contributed by atoms with Crippen molar-refractivity contribution >= 4 is 15.7 Å². The standard InChI is InChI=1S/C15H19NO.C14H14O2S/c1-11-3-7-13(8-4-11)15(17)16-14-9-5-12(2)6-10-14;1-11-3-7-13(8-4-11)17(15,16)14-9-5-12(2)6-10-14/h3,5,7,9H,4,6,8,10H2,1-2H3,(H,16,17);3-10H,1-2H3. The molecule has 0 radical (unpaired) electrons. The van der Waals surface area contributed by atoms with E-state index < -0.39 is 9.84 Å². The normalized spacial score (nSPS) is 15.6. The van der Waals surface area contributed by atoms with Gasteiger partial charge in [0.2, 0.25) is 9.84 Å². The van der Waals surface area contributed by atoms with Gasteiger partial charge in [0.25, 0.3) is 5.91 Å². The lowest BCUT2D eigenvalue weighted by Crippen LogP contribution is -2.25. The molecule has 0 saturated heterocycles. The Morgan fingerprint density at radius 2 is 1.12 bits per heavy atom. The third-order valence-corrected chi connectivity index (χ3v) is 7.73. The Labute approximate surface area is 203 Å². The van der Waals surface area contributed by atoms with Crippen LogP contribution in [0.15, 0.2) is 105 Å². The van der Waals surface area contributed by atoms with Crippen LogP contribution in [-0.4, -0.2) is 14.3 Å². The van der Waals surface area contributed by atoms with Crippen LogP contribution in [0, 0.1) is 13.8 Å². The van der Waals surface area contributed by atoms with Gasteiger partial charge in [-0.2, -0.15) is 0 Å². The number of carbonyl (C=O) groups excluding carboxylic acids is 1. The van der Waals surface area contributed by atoms with Crippen molar-refractivity contribution in [2.24, 2.45) is 0 Å². The molecule has 0 spiro atoms. The van der Waals surface area contributed by atoms with E-state index in [2.05, 4.69) is 25.2 Å². The molecule has 4 nitrogen and oxygen atoms in total. The average Bonchev–Trinajstić information content (AvgIpc) is 2.82. The third-order valence-electron chi connectivity index (χ3n) is 5.94. The highest BCUT2D eigenvalue weighted by molar-refractivity contribution is 7.91. The molecule has 0 saturated carbocycles. The van der Waals surface area contributed by atoms with E-state index in [0.29, 0.717) is 9.79 Å². The quantitative estimate of drug-likeness (QED) is 0.547. The fourth-order valence-electron chi connectivity index (χ4n) is 3.57. The van der Waals surface area contributed by atoms with Crippen molar-refractivity contribution in [1.29, 1.82) is 0 Å². The lowest BCUT2D eigenvalue weighted by molar-refractivity contribution is -0.117. The van der Waals surface area contributed by atoms with Crippen molar-refractivity contribution in [1.82, 2.24) is 5.32 Å². The zero-order valence-electron chi connectivity index (χ0n) is 20.4. The maximum atomic E-state index is 12.3. The summed E-state index contributed by atoms with van der Waals surface area (Å²) in [6.07, 6.45) is 11.9. The monoisotopic (exact) mass is 475 g/mol. The van der Waals surface area contributed by atoms with Crippen molar-refractivity contribution in [3.8, 4) is 0 Å². The summed E-state index contributed by atoms with van der Waals surface area (Å²) in [5.41, 5.74) is 6.74. The molecule has 0 unspecified atom stereocenters. The smallest absolute Gasteiger partial charge is 0.251 e. The topological polar surface area (TPSA) is 63.2 Å². The number of hydrogen-bond acceptors (Lipinski definition) is 3. The van der Waals surface area contributed by atoms with Crippen LogP contribution >= 0.6 is 0 Å². The molecule has 2 aliphatic rings. The second-order valence-electron chi connectivity index (χ2n) is 8.99. The molecule has 34 heavy (non-hydrogen) atoms. The highest BCUT2D eigenvalue weighted by Gasteiger charge is 2.17. The van der Waals surface area contributed by atoms with Gasteiger partial charge in [0, 0.05) is 11.3 Å². The van der Waals surface area contributed by atoms with Crippen molar-refractivity contribution in [3.63, 3.8) is 0 Å². The molecular formula is C29H33NO3S. The molecule has 0 fully saturated rings. The Balaban J connectivity index is 0.000000191. The second kappa shape index (κ2) is 11.3. The summed E-state index contributed by atoms with van der Waals surface area (Å²) in [7, 11) is -3.37. The van der Waals surface area contributed by atoms with Crippen LogP contribution in [0.3, 0.4) is 0 Å². The van der Waals surface area contributed by atoms with E-state index in [4.69, 9.17) is 0 Å². The molecule has 2 aromatic rings. The minimum absolute atomic E-state index is 0.0629. The van der Waals surface area contributed by atoms with Crippen LogP contribution in [0.5, 0.6) is 0 Å². The van der Waals surface area contributed by atoms with Crippen LogP contribution in [0.4, 0.5) is 0 Å². The Hall–Kier alpha value is -3.18. The van der Waals surface area contributed by atoms with Gasteiger partial charge < -0.3 is 5.32 Å². The van der Waals surface area contributed by atoms with Gasteiger partial charge in [-0.3, -0.25) is 4.79 Å². The van der Waals surface area contributed by atoms with E-state index in [-0.39, 0.29) is 5.91 Å². The van der Waals surface area contributed by atoms with Crippen molar-refractivity contribution in [2.45, 2.75) is 63.2 Å². The molecule has 0 aromatic heterocycles. The maximum Gasteiger partial charge on any atom is 0.251 e. The minimum atomic E-state index is -3.37. The highest BCUT2D eigenvalue weighted by atomic mass is 32.2. The highest BCUT2D eigenvalue weighted by Crippen LogP contribution is 2.22. The van der Waals surface area contributed by atoms with Gasteiger partial charge in [-0.25, -0.2) is 8.42 Å². The average molecular weight is 476 g/mol. The van der Waals surface area contributed by atoms with E-state index in [1.807, 2.05) is 32.1 Å². The van der Waals surface area contributed by atoms with Gasteiger partial charge in [-0.15, -0.1) is 0 Å². The number of rotatable bonds is 4. The molecule has 0 aliphatic heterocycles. The van der Waals surface area contributed by atoms with Crippen molar-refractivity contribution < 1.29 is 13.2 Å². The number of hydrogen-bond donors (Lipinski definition) is 1.